The van der Waals surface area contributed by atoms with Gasteiger partial charge in [-0.3, -0.25) is 0 Å². The van der Waals surface area contributed by atoms with Crippen molar-refractivity contribution in [2.75, 3.05) is 6.26 Å². The fourth-order valence-electron chi connectivity index (χ4n) is 1.27. The Bertz CT molecular complexity index is 584. The molecule has 14 heavy (non-hydrogen) atoms. The highest BCUT2D eigenvalue weighted by Gasteiger charge is 2.09. The van der Waals surface area contributed by atoms with E-state index >= 15 is 0 Å². The Morgan fingerprint density at radius 2 is 2.07 bits per heavy atom. The molecule has 0 saturated heterocycles. The maximum atomic E-state index is 11.3. The van der Waals surface area contributed by atoms with Crippen molar-refractivity contribution >= 4 is 31.5 Å². The zero-order valence-electron chi connectivity index (χ0n) is 7.81. The Morgan fingerprint density at radius 3 is 2.71 bits per heavy atom. The van der Waals surface area contributed by atoms with Crippen LogP contribution in [-0.4, -0.2) is 19.0 Å². The van der Waals surface area contributed by atoms with Crippen molar-refractivity contribution in [3.05, 3.63) is 23.9 Å². The van der Waals surface area contributed by atoms with E-state index in [-0.39, 0.29) is 0 Å². The van der Waals surface area contributed by atoms with Gasteiger partial charge >= 0.3 is 0 Å². The van der Waals surface area contributed by atoms with E-state index in [2.05, 4.69) is 4.37 Å². The average Bonchev–Trinajstić information content (AvgIpc) is 2.46. The lowest BCUT2D eigenvalue weighted by molar-refractivity contribution is 0.602. The van der Waals surface area contributed by atoms with Crippen molar-refractivity contribution < 1.29 is 8.42 Å². The van der Waals surface area contributed by atoms with Crippen LogP contribution in [0.25, 0.3) is 10.1 Å². The van der Waals surface area contributed by atoms with E-state index in [1.54, 1.807) is 12.1 Å². The summed E-state index contributed by atoms with van der Waals surface area (Å²) in [6.45, 7) is 1.92. The van der Waals surface area contributed by atoms with E-state index in [1.165, 1.54) is 17.8 Å². The number of benzene rings is 1. The van der Waals surface area contributed by atoms with E-state index < -0.39 is 9.84 Å². The molecule has 0 radical (unpaired) electrons. The molecule has 2 rings (SSSR count). The number of rotatable bonds is 1. The summed E-state index contributed by atoms with van der Waals surface area (Å²) in [4.78, 5) is 0.355. The third-order valence-electron chi connectivity index (χ3n) is 2.05. The smallest absolute Gasteiger partial charge is 0.175 e. The van der Waals surface area contributed by atoms with Crippen molar-refractivity contribution in [1.29, 1.82) is 0 Å². The standard InChI is InChI=1S/C9H9NO2S2/c1-6-8-4-3-7(14(2,11)12)5-9(8)13-10-6/h3-5H,1-2H3. The van der Waals surface area contributed by atoms with Gasteiger partial charge in [0.1, 0.15) is 0 Å². The molecule has 3 nitrogen and oxygen atoms in total. The molecule has 5 heteroatoms. The van der Waals surface area contributed by atoms with Crippen LogP contribution in [-0.2, 0) is 9.84 Å². The lowest BCUT2D eigenvalue weighted by atomic mass is 10.2. The Morgan fingerprint density at radius 1 is 1.36 bits per heavy atom. The van der Waals surface area contributed by atoms with Gasteiger partial charge in [-0.1, -0.05) is 6.07 Å². The molecule has 0 fully saturated rings. The van der Waals surface area contributed by atoms with Crippen LogP contribution in [0.1, 0.15) is 5.69 Å². The van der Waals surface area contributed by atoms with E-state index in [0.717, 1.165) is 15.8 Å². The van der Waals surface area contributed by atoms with Crippen LogP contribution in [0.2, 0.25) is 0 Å². The molecule has 0 spiro atoms. The Hall–Kier alpha value is -0.940. The highest BCUT2D eigenvalue weighted by atomic mass is 32.2. The highest BCUT2D eigenvalue weighted by molar-refractivity contribution is 7.90. The first kappa shape index (κ1) is 9.61. The number of aryl methyl sites for hydroxylation is 1. The normalized spacial score (nSPS) is 12.1. The van der Waals surface area contributed by atoms with Crippen molar-refractivity contribution in [3.8, 4) is 0 Å². The number of hydrogen-bond acceptors (Lipinski definition) is 4. The van der Waals surface area contributed by atoms with Gasteiger partial charge in [0.05, 0.1) is 15.3 Å². The monoisotopic (exact) mass is 227 g/mol. The molecule has 0 N–H and O–H groups in total. The Balaban J connectivity index is 2.76. The summed E-state index contributed by atoms with van der Waals surface area (Å²) in [5, 5.41) is 1.03. The van der Waals surface area contributed by atoms with Crippen molar-refractivity contribution in [2.45, 2.75) is 11.8 Å². The zero-order valence-corrected chi connectivity index (χ0v) is 9.45. The summed E-state index contributed by atoms with van der Waals surface area (Å²) < 4.78 is 27.6. The first-order valence-electron chi connectivity index (χ1n) is 4.04. The first-order chi connectivity index (χ1) is 6.48. The predicted octanol–water partition coefficient (Wildman–Crippen LogP) is 2.01. The number of fused-ring (bicyclic) bond motifs is 1. The minimum Gasteiger partial charge on any atom is -0.224 e. The van der Waals surface area contributed by atoms with Crippen LogP contribution >= 0.6 is 11.5 Å². The van der Waals surface area contributed by atoms with Crippen LogP contribution in [0, 0.1) is 6.92 Å². The minimum atomic E-state index is -3.11. The number of nitrogens with zero attached hydrogens (tertiary/aromatic N) is 1. The molecule has 1 aromatic heterocycles. The van der Waals surface area contributed by atoms with Gasteiger partial charge in [0.15, 0.2) is 9.84 Å². The summed E-state index contributed by atoms with van der Waals surface area (Å²) in [6.07, 6.45) is 1.21. The van der Waals surface area contributed by atoms with Crippen LogP contribution in [0.5, 0.6) is 0 Å². The molecule has 0 atom stereocenters. The van der Waals surface area contributed by atoms with E-state index in [4.69, 9.17) is 0 Å². The molecule has 0 aliphatic carbocycles. The highest BCUT2D eigenvalue weighted by Crippen LogP contribution is 2.24. The molecule has 0 unspecified atom stereocenters. The molecule has 1 aromatic carbocycles. The number of hydrogen-bond donors (Lipinski definition) is 0. The van der Waals surface area contributed by atoms with Crippen LogP contribution in [0.15, 0.2) is 23.1 Å². The van der Waals surface area contributed by atoms with Gasteiger partial charge in [0, 0.05) is 11.6 Å². The molecule has 0 aliphatic rings. The number of aromatic nitrogens is 1. The van der Waals surface area contributed by atoms with Gasteiger partial charge in [-0.15, -0.1) is 0 Å². The maximum Gasteiger partial charge on any atom is 0.175 e. The maximum absolute atomic E-state index is 11.3. The van der Waals surface area contributed by atoms with Crippen molar-refractivity contribution in [3.63, 3.8) is 0 Å². The Labute approximate surface area is 86.5 Å². The zero-order chi connectivity index (χ0) is 10.3. The van der Waals surface area contributed by atoms with Gasteiger partial charge < -0.3 is 0 Å². The second-order valence-corrected chi connectivity index (χ2v) is 6.02. The topological polar surface area (TPSA) is 47.0 Å². The summed E-state index contributed by atoms with van der Waals surface area (Å²) >= 11 is 1.33. The summed E-state index contributed by atoms with van der Waals surface area (Å²) in [5.74, 6) is 0. The van der Waals surface area contributed by atoms with E-state index in [1.807, 2.05) is 13.0 Å². The molecule has 0 aliphatic heterocycles. The van der Waals surface area contributed by atoms with Crippen LogP contribution in [0.3, 0.4) is 0 Å². The summed E-state index contributed by atoms with van der Waals surface area (Å²) in [6, 6.07) is 5.11. The summed E-state index contributed by atoms with van der Waals surface area (Å²) in [7, 11) is -3.11. The van der Waals surface area contributed by atoms with Crippen molar-refractivity contribution in [1.82, 2.24) is 4.37 Å². The lowest BCUT2D eigenvalue weighted by Crippen LogP contribution is -1.95. The molecule has 0 bridgehead atoms. The predicted molar refractivity (Wildman–Crippen MR) is 57.5 cm³/mol. The average molecular weight is 227 g/mol. The molecular weight excluding hydrogens is 218 g/mol. The minimum absolute atomic E-state index is 0.355. The van der Waals surface area contributed by atoms with Crippen molar-refractivity contribution in [2.24, 2.45) is 0 Å². The lowest BCUT2D eigenvalue weighted by Gasteiger charge is -1.97. The Kier molecular flexibility index (Phi) is 2.08. The van der Waals surface area contributed by atoms with Crippen LogP contribution < -0.4 is 0 Å². The fraction of sp³-hybridized carbons (Fsp3) is 0.222. The van der Waals surface area contributed by atoms with Gasteiger partial charge in [-0.25, -0.2) is 8.42 Å². The molecule has 0 saturated carbocycles. The summed E-state index contributed by atoms with van der Waals surface area (Å²) in [5.41, 5.74) is 0.949. The van der Waals surface area contributed by atoms with Gasteiger partial charge in [-0.2, -0.15) is 4.37 Å². The molecule has 0 amide bonds. The van der Waals surface area contributed by atoms with E-state index in [9.17, 15) is 8.42 Å². The molecule has 2 aromatic rings. The van der Waals surface area contributed by atoms with Crippen LogP contribution in [0.4, 0.5) is 0 Å². The van der Waals surface area contributed by atoms with Gasteiger partial charge in [0.25, 0.3) is 0 Å². The molecular formula is C9H9NO2S2. The third-order valence-corrected chi connectivity index (χ3v) is 4.06. The molecule has 74 valence electrons. The van der Waals surface area contributed by atoms with Gasteiger partial charge in [0.2, 0.25) is 0 Å². The molecule has 1 heterocycles. The second-order valence-electron chi connectivity index (χ2n) is 3.20. The SMILES string of the molecule is Cc1nsc2cc(S(C)(=O)=O)ccc12. The second kappa shape index (κ2) is 3.03. The van der Waals surface area contributed by atoms with Gasteiger partial charge in [-0.05, 0) is 30.6 Å². The fourth-order valence-corrected chi connectivity index (χ4v) is 2.82. The quantitative estimate of drug-likeness (QED) is 0.748. The third kappa shape index (κ3) is 1.53. The largest absolute Gasteiger partial charge is 0.224 e. The van der Waals surface area contributed by atoms with E-state index in [0.29, 0.717) is 4.90 Å². The number of sulfone groups is 1. The first-order valence-corrected chi connectivity index (χ1v) is 6.71.